The van der Waals surface area contributed by atoms with Gasteiger partial charge in [0.2, 0.25) is 0 Å². The van der Waals surface area contributed by atoms with Crippen molar-refractivity contribution >= 4 is 5.82 Å². The van der Waals surface area contributed by atoms with Gasteiger partial charge in [-0.15, -0.1) is 0 Å². The van der Waals surface area contributed by atoms with E-state index in [0.717, 1.165) is 36.5 Å². The van der Waals surface area contributed by atoms with Crippen molar-refractivity contribution < 1.29 is 14.0 Å². The second-order valence-electron chi connectivity index (χ2n) is 6.74. The zero-order valence-corrected chi connectivity index (χ0v) is 15.7. The summed E-state index contributed by atoms with van der Waals surface area (Å²) in [5.74, 6) is 2.00. The Morgan fingerprint density at radius 3 is 2.75 bits per heavy atom. The average Bonchev–Trinajstić information content (AvgIpc) is 3.23. The van der Waals surface area contributed by atoms with Crippen LogP contribution in [-0.4, -0.2) is 47.6 Å². The molecule has 3 heterocycles. The molecule has 0 radical (unpaired) electrons. The van der Waals surface area contributed by atoms with Gasteiger partial charge in [0.05, 0.1) is 31.5 Å². The van der Waals surface area contributed by atoms with Gasteiger partial charge >= 0.3 is 0 Å². The van der Waals surface area contributed by atoms with Gasteiger partial charge in [-0.25, -0.2) is 4.98 Å². The maximum absolute atomic E-state index is 5.61. The average molecular weight is 380 g/mol. The summed E-state index contributed by atoms with van der Waals surface area (Å²) < 4.78 is 16.4. The first-order valence-electron chi connectivity index (χ1n) is 9.63. The lowest BCUT2D eigenvalue weighted by Crippen LogP contribution is -2.34. The molecular formula is C21H24N4O3. The number of benzene rings is 1. The van der Waals surface area contributed by atoms with E-state index < -0.39 is 0 Å². The topological polar surface area (TPSA) is 82.3 Å². The standard InChI is InChI=1S/C21H24N4O3/c1-2-5-16(6-3-1)7-4-8-20-24-21(28-25-20)17-9-10-19(22-13-17)23-14-18-15-26-11-12-27-18/h1-3,5-6,9-10,13,18H,4,7-8,11-12,14-15H2,(H,22,23)/t18-/m1/s1. The molecule has 0 spiro atoms. The van der Waals surface area contributed by atoms with Gasteiger partial charge in [0.1, 0.15) is 5.82 Å². The van der Waals surface area contributed by atoms with Crippen LogP contribution in [0.5, 0.6) is 0 Å². The fourth-order valence-electron chi connectivity index (χ4n) is 3.07. The molecule has 1 N–H and O–H groups in total. The van der Waals surface area contributed by atoms with Crippen LogP contribution in [0.3, 0.4) is 0 Å². The van der Waals surface area contributed by atoms with Gasteiger partial charge in [-0.1, -0.05) is 35.5 Å². The molecule has 1 aromatic carbocycles. The number of nitrogens with one attached hydrogen (secondary N) is 1. The summed E-state index contributed by atoms with van der Waals surface area (Å²) in [6, 6.07) is 14.2. The summed E-state index contributed by atoms with van der Waals surface area (Å²) in [5, 5.41) is 7.34. The quantitative estimate of drug-likeness (QED) is 0.643. The van der Waals surface area contributed by atoms with E-state index in [1.54, 1.807) is 6.20 Å². The minimum atomic E-state index is 0.0598. The van der Waals surface area contributed by atoms with Crippen molar-refractivity contribution in [3.8, 4) is 11.5 Å². The highest BCUT2D eigenvalue weighted by Crippen LogP contribution is 2.18. The van der Waals surface area contributed by atoms with E-state index in [1.165, 1.54) is 5.56 Å². The number of hydrogen-bond donors (Lipinski definition) is 1. The summed E-state index contributed by atoms with van der Waals surface area (Å²) >= 11 is 0. The Morgan fingerprint density at radius 1 is 1.04 bits per heavy atom. The van der Waals surface area contributed by atoms with E-state index in [1.807, 2.05) is 18.2 Å². The van der Waals surface area contributed by atoms with Crippen LogP contribution in [0.25, 0.3) is 11.5 Å². The second-order valence-corrected chi connectivity index (χ2v) is 6.74. The maximum Gasteiger partial charge on any atom is 0.259 e. The van der Waals surface area contributed by atoms with E-state index >= 15 is 0 Å². The molecule has 0 aliphatic carbocycles. The third-order valence-electron chi connectivity index (χ3n) is 4.58. The first kappa shape index (κ1) is 18.6. The van der Waals surface area contributed by atoms with E-state index in [4.69, 9.17) is 14.0 Å². The largest absolute Gasteiger partial charge is 0.376 e. The number of pyridine rings is 1. The smallest absolute Gasteiger partial charge is 0.259 e. The van der Waals surface area contributed by atoms with Gasteiger partial charge in [-0.2, -0.15) is 4.98 Å². The van der Waals surface area contributed by atoms with E-state index in [0.29, 0.717) is 32.3 Å². The number of aromatic nitrogens is 3. The summed E-state index contributed by atoms with van der Waals surface area (Å²) in [6.45, 7) is 2.59. The fourth-order valence-corrected chi connectivity index (χ4v) is 3.07. The number of nitrogens with zero attached hydrogens (tertiary/aromatic N) is 3. The molecule has 3 aromatic rings. The SMILES string of the molecule is c1ccc(CCCc2noc(-c3ccc(NC[C@@H]4COCCO4)nc3)n2)cc1. The van der Waals surface area contributed by atoms with Crippen LogP contribution in [-0.2, 0) is 22.3 Å². The Morgan fingerprint density at radius 2 is 1.96 bits per heavy atom. The Labute approximate surface area is 164 Å². The third kappa shape index (κ3) is 5.15. The van der Waals surface area contributed by atoms with Crippen molar-refractivity contribution in [2.24, 2.45) is 0 Å². The molecule has 1 saturated heterocycles. The zero-order chi connectivity index (χ0) is 19.0. The summed E-state index contributed by atoms with van der Waals surface area (Å²) in [7, 11) is 0. The van der Waals surface area contributed by atoms with Gasteiger partial charge in [0.25, 0.3) is 5.89 Å². The van der Waals surface area contributed by atoms with Gasteiger partial charge < -0.3 is 19.3 Å². The molecule has 0 amide bonds. The molecule has 1 fully saturated rings. The summed E-state index contributed by atoms with van der Waals surface area (Å²) in [4.78, 5) is 8.90. The van der Waals surface area contributed by atoms with E-state index in [2.05, 4.69) is 44.7 Å². The highest BCUT2D eigenvalue weighted by atomic mass is 16.6. The predicted molar refractivity (Wildman–Crippen MR) is 105 cm³/mol. The first-order chi connectivity index (χ1) is 13.9. The Bertz CT molecular complexity index is 846. The molecule has 0 saturated carbocycles. The molecule has 7 nitrogen and oxygen atoms in total. The Kier molecular flexibility index (Phi) is 6.26. The van der Waals surface area contributed by atoms with Crippen molar-refractivity contribution in [3.05, 3.63) is 60.0 Å². The minimum absolute atomic E-state index is 0.0598. The summed E-state index contributed by atoms with van der Waals surface area (Å²) in [6.07, 6.45) is 4.57. The van der Waals surface area contributed by atoms with Crippen molar-refractivity contribution in [1.82, 2.24) is 15.1 Å². The molecular weight excluding hydrogens is 356 g/mol. The van der Waals surface area contributed by atoms with Crippen LogP contribution in [0.1, 0.15) is 17.8 Å². The molecule has 0 unspecified atom stereocenters. The van der Waals surface area contributed by atoms with Crippen molar-refractivity contribution in [2.75, 3.05) is 31.7 Å². The summed E-state index contributed by atoms with van der Waals surface area (Å²) in [5.41, 5.74) is 2.13. The molecule has 28 heavy (non-hydrogen) atoms. The van der Waals surface area contributed by atoms with Gasteiger partial charge in [-0.3, -0.25) is 0 Å². The van der Waals surface area contributed by atoms with Crippen LogP contribution >= 0.6 is 0 Å². The number of ether oxygens (including phenoxy) is 2. The first-order valence-corrected chi connectivity index (χ1v) is 9.63. The molecule has 146 valence electrons. The van der Waals surface area contributed by atoms with Crippen LogP contribution in [0.4, 0.5) is 5.82 Å². The highest BCUT2D eigenvalue weighted by Gasteiger charge is 2.14. The number of anilines is 1. The van der Waals surface area contributed by atoms with Crippen LogP contribution in [0.15, 0.2) is 53.2 Å². The molecule has 7 heteroatoms. The molecule has 0 bridgehead atoms. The molecule has 1 aliphatic heterocycles. The highest BCUT2D eigenvalue weighted by molar-refractivity contribution is 5.54. The van der Waals surface area contributed by atoms with Gasteiger partial charge in [0.15, 0.2) is 5.82 Å². The lowest BCUT2D eigenvalue weighted by Gasteiger charge is -2.23. The molecule has 4 rings (SSSR count). The van der Waals surface area contributed by atoms with Crippen LogP contribution in [0.2, 0.25) is 0 Å². The number of rotatable bonds is 8. The Balaban J connectivity index is 1.27. The monoisotopic (exact) mass is 380 g/mol. The minimum Gasteiger partial charge on any atom is -0.376 e. The maximum atomic E-state index is 5.61. The lowest BCUT2D eigenvalue weighted by atomic mass is 10.1. The number of hydrogen-bond acceptors (Lipinski definition) is 7. The van der Waals surface area contributed by atoms with Crippen molar-refractivity contribution in [2.45, 2.75) is 25.4 Å². The van der Waals surface area contributed by atoms with E-state index in [9.17, 15) is 0 Å². The fraction of sp³-hybridized carbons (Fsp3) is 0.381. The lowest BCUT2D eigenvalue weighted by molar-refractivity contribution is -0.0819. The van der Waals surface area contributed by atoms with Crippen LogP contribution in [0, 0.1) is 0 Å². The van der Waals surface area contributed by atoms with Gasteiger partial charge in [-0.05, 0) is 30.5 Å². The third-order valence-corrected chi connectivity index (χ3v) is 4.58. The van der Waals surface area contributed by atoms with Crippen molar-refractivity contribution in [1.29, 1.82) is 0 Å². The van der Waals surface area contributed by atoms with Crippen LogP contribution < -0.4 is 5.32 Å². The molecule has 2 aromatic heterocycles. The van der Waals surface area contributed by atoms with Gasteiger partial charge in [0, 0.05) is 19.2 Å². The molecule has 1 aliphatic rings. The zero-order valence-electron chi connectivity index (χ0n) is 15.7. The predicted octanol–water partition coefficient (Wildman–Crippen LogP) is 3.13. The normalized spacial score (nSPS) is 16.8. The van der Waals surface area contributed by atoms with Crippen molar-refractivity contribution in [3.63, 3.8) is 0 Å². The second kappa shape index (κ2) is 9.43. The van der Waals surface area contributed by atoms with E-state index in [-0.39, 0.29) is 6.10 Å². The Hall–Kier alpha value is -2.77. The number of aryl methyl sites for hydroxylation is 2. The molecule has 1 atom stereocenters.